The zero-order valence-corrected chi connectivity index (χ0v) is 13.7. The SMILES string of the molecule is COc1c(C)cc(CN(C)C(=O)C(C)CN)cc1C.Cl. The number of aryl methyl sites for hydroxylation is 2. The number of benzene rings is 1. The Balaban J connectivity index is 0.00000361. The minimum Gasteiger partial charge on any atom is -0.496 e. The largest absolute Gasteiger partial charge is 0.496 e. The standard InChI is InChI=1S/C15H24N2O2.ClH/c1-10-6-13(7-11(2)14(10)19-5)9-17(4)15(18)12(3)8-16;/h6-7,12H,8-9,16H2,1-5H3;1H. The first-order valence-electron chi connectivity index (χ1n) is 6.49. The molecule has 0 aliphatic carbocycles. The molecule has 0 saturated heterocycles. The maximum atomic E-state index is 12.0. The molecule has 1 atom stereocenters. The number of halogens is 1. The number of methoxy groups -OCH3 is 1. The molecule has 0 fully saturated rings. The summed E-state index contributed by atoms with van der Waals surface area (Å²) in [5.41, 5.74) is 8.81. The van der Waals surface area contributed by atoms with Gasteiger partial charge in [-0.05, 0) is 30.5 Å². The Morgan fingerprint density at radius 1 is 1.35 bits per heavy atom. The van der Waals surface area contributed by atoms with E-state index in [1.54, 1.807) is 12.0 Å². The third-order valence-electron chi connectivity index (χ3n) is 3.30. The quantitative estimate of drug-likeness (QED) is 0.908. The van der Waals surface area contributed by atoms with Crippen LogP contribution in [0, 0.1) is 19.8 Å². The maximum Gasteiger partial charge on any atom is 0.226 e. The second-order valence-corrected chi connectivity index (χ2v) is 5.09. The number of nitrogens with zero attached hydrogens (tertiary/aromatic N) is 1. The van der Waals surface area contributed by atoms with Gasteiger partial charge in [0.2, 0.25) is 5.91 Å². The molecule has 2 N–H and O–H groups in total. The molecular formula is C15H25ClN2O2. The summed E-state index contributed by atoms with van der Waals surface area (Å²) in [5.74, 6) is 0.854. The first-order chi connectivity index (χ1) is 8.90. The molecule has 0 saturated carbocycles. The van der Waals surface area contributed by atoms with Crippen LogP contribution in [-0.4, -0.2) is 31.5 Å². The Morgan fingerprint density at radius 2 is 1.85 bits per heavy atom. The minimum atomic E-state index is -0.134. The minimum absolute atomic E-state index is 0. The predicted octanol–water partition coefficient (Wildman–Crippen LogP) is 2.29. The van der Waals surface area contributed by atoms with Crippen molar-refractivity contribution in [2.75, 3.05) is 20.7 Å². The molecule has 114 valence electrons. The van der Waals surface area contributed by atoms with E-state index < -0.39 is 0 Å². The van der Waals surface area contributed by atoms with Crippen LogP contribution < -0.4 is 10.5 Å². The van der Waals surface area contributed by atoms with Crippen LogP contribution >= 0.6 is 12.4 Å². The maximum absolute atomic E-state index is 12.0. The molecule has 0 bridgehead atoms. The van der Waals surface area contributed by atoms with E-state index in [0.29, 0.717) is 13.1 Å². The summed E-state index contributed by atoms with van der Waals surface area (Å²) in [5, 5.41) is 0. The second kappa shape index (κ2) is 8.12. The molecular weight excluding hydrogens is 276 g/mol. The molecule has 1 aromatic rings. The average molecular weight is 301 g/mol. The summed E-state index contributed by atoms with van der Waals surface area (Å²) in [4.78, 5) is 13.7. The summed E-state index contributed by atoms with van der Waals surface area (Å²) in [7, 11) is 3.48. The van der Waals surface area contributed by atoms with E-state index in [1.165, 1.54) is 0 Å². The molecule has 0 radical (unpaired) electrons. The molecule has 0 aliphatic rings. The Bertz CT molecular complexity index is 440. The highest BCUT2D eigenvalue weighted by atomic mass is 35.5. The van der Waals surface area contributed by atoms with E-state index in [2.05, 4.69) is 12.1 Å². The van der Waals surface area contributed by atoms with Crippen LogP contribution in [0.4, 0.5) is 0 Å². The zero-order valence-electron chi connectivity index (χ0n) is 12.9. The molecule has 20 heavy (non-hydrogen) atoms. The average Bonchev–Trinajstić information content (AvgIpc) is 2.36. The van der Waals surface area contributed by atoms with Crippen LogP contribution in [0.15, 0.2) is 12.1 Å². The van der Waals surface area contributed by atoms with Gasteiger partial charge in [0.15, 0.2) is 0 Å². The summed E-state index contributed by atoms with van der Waals surface area (Å²) in [6.45, 7) is 6.85. The summed E-state index contributed by atoms with van der Waals surface area (Å²) >= 11 is 0. The Hall–Kier alpha value is -1.26. The van der Waals surface area contributed by atoms with Gasteiger partial charge in [-0.1, -0.05) is 19.1 Å². The third-order valence-corrected chi connectivity index (χ3v) is 3.30. The fourth-order valence-corrected chi connectivity index (χ4v) is 2.28. The first-order valence-corrected chi connectivity index (χ1v) is 6.49. The molecule has 0 aromatic heterocycles. The number of hydrogen-bond acceptors (Lipinski definition) is 3. The fourth-order valence-electron chi connectivity index (χ4n) is 2.28. The van der Waals surface area contributed by atoms with Gasteiger partial charge in [0.25, 0.3) is 0 Å². The highest BCUT2D eigenvalue weighted by molar-refractivity contribution is 5.85. The van der Waals surface area contributed by atoms with Crippen LogP contribution in [0.3, 0.4) is 0 Å². The van der Waals surface area contributed by atoms with Gasteiger partial charge in [-0.3, -0.25) is 4.79 Å². The number of amides is 1. The van der Waals surface area contributed by atoms with E-state index in [4.69, 9.17) is 10.5 Å². The number of nitrogens with two attached hydrogens (primary N) is 1. The smallest absolute Gasteiger partial charge is 0.226 e. The van der Waals surface area contributed by atoms with Crippen molar-refractivity contribution in [1.82, 2.24) is 4.90 Å². The Labute approximate surface area is 127 Å². The summed E-state index contributed by atoms with van der Waals surface area (Å²) in [6.07, 6.45) is 0. The van der Waals surface area contributed by atoms with Crippen LogP contribution in [-0.2, 0) is 11.3 Å². The molecule has 0 heterocycles. The van der Waals surface area contributed by atoms with E-state index in [9.17, 15) is 4.79 Å². The number of carbonyl (C=O) groups is 1. The summed E-state index contributed by atoms with van der Waals surface area (Å²) in [6, 6.07) is 4.12. The predicted molar refractivity (Wildman–Crippen MR) is 84.4 cm³/mol. The molecule has 4 nitrogen and oxygen atoms in total. The topological polar surface area (TPSA) is 55.6 Å². The molecule has 1 amide bonds. The van der Waals surface area contributed by atoms with Crippen molar-refractivity contribution in [2.24, 2.45) is 11.7 Å². The van der Waals surface area contributed by atoms with E-state index in [0.717, 1.165) is 22.4 Å². The number of hydrogen-bond donors (Lipinski definition) is 1. The van der Waals surface area contributed by atoms with E-state index in [-0.39, 0.29) is 24.2 Å². The lowest BCUT2D eigenvalue weighted by Crippen LogP contribution is -2.34. The van der Waals surface area contributed by atoms with Gasteiger partial charge in [0.05, 0.1) is 7.11 Å². The van der Waals surface area contributed by atoms with Crippen molar-refractivity contribution >= 4 is 18.3 Å². The van der Waals surface area contributed by atoms with Crippen molar-refractivity contribution in [2.45, 2.75) is 27.3 Å². The second-order valence-electron chi connectivity index (χ2n) is 5.09. The Kier molecular flexibility index (Phi) is 7.61. The molecule has 1 aromatic carbocycles. The van der Waals surface area contributed by atoms with Gasteiger partial charge in [-0.2, -0.15) is 0 Å². The lowest BCUT2D eigenvalue weighted by Gasteiger charge is -2.21. The van der Waals surface area contributed by atoms with Gasteiger partial charge in [0.1, 0.15) is 5.75 Å². The van der Waals surface area contributed by atoms with Crippen molar-refractivity contribution in [3.63, 3.8) is 0 Å². The number of rotatable bonds is 5. The van der Waals surface area contributed by atoms with Crippen LogP contribution in [0.2, 0.25) is 0 Å². The van der Waals surface area contributed by atoms with Crippen LogP contribution in [0.1, 0.15) is 23.6 Å². The van der Waals surface area contributed by atoms with E-state index >= 15 is 0 Å². The molecule has 1 rings (SSSR count). The van der Waals surface area contributed by atoms with Crippen molar-refractivity contribution < 1.29 is 9.53 Å². The third kappa shape index (κ3) is 4.39. The molecule has 5 heteroatoms. The first kappa shape index (κ1) is 18.7. The Morgan fingerprint density at radius 3 is 2.25 bits per heavy atom. The van der Waals surface area contributed by atoms with Crippen molar-refractivity contribution in [3.8, 4) is 5.75 Å². The van der Waals surface area contributed by atoms with Crippen molar-refractivity contribution in [1.29, 1.82) is 0 Å². The number of carbonyl (C=O) groups excluding carboxylic acids is 1. The van der Waals surface area contributed by atoms with Crippen molar-refractivity contribution in [3.05, 3.63) is 28.8 Å². The molecule has 0 spiro atoms. The summed E-state index contributed by atoms with van der Waals surface area (Å²) < 4.78 is 5.34. The van der Waals surface area contributed by atoms with E-state index in [1.807, 2.05) is 27.8 Å². The highest BCUT2D eigenvalue weighted by Gasteiger charge is 2.16. The number of ether oxygens (including phenoxy) is 1. The van der Waals surface area contributed by atoms with Gasteiger partial charge < -0.3 is 15.4 Å². The van der Waals surface area contributed by atoms with Gasteiger partial charge in [-0.25, -0.2) is 0 Å². The zero-order chi connectivity index (χ0) is 14.6. The highest BCUT2D eigenvalue weighted by Crippen LogP contribution is 2.24. The fraction of sp³-hybridized carbons (Fsp3) is 0.533. The van der Waals surface area contributed by atoms with Gasteiger partial charge in [-0.15, -0.1) is 12.4 Å². The molecule has 0 aliphatic heterocycles. The van der Waals surface area contributed by atoms with Crippen LogP contribution in [0.5, 0.6) is 5.75 Å². The lowest BCUT2D eigenvalue weighted by atomic mass is 10.0. The normalized spacial score (nSPS) is 11.5. The lowest BCUT2D eigenvalue weighted by molar-refractivity contribution is -0.133. The molecule has 1 unspecified atom stereocenters. The van der Waals surface area contributed by atoms with Crippen LogP contribution in [0.25, 0.3) is 0 Å². The monoisotopic (exact) mass is 300 g/mol. The van der Waals surface area contributed by atoms with Gasteiger partial charge in [0, 0.05) is 26.1 Å². The van der Waals surface area contributed by atoms with Gasteiger partial charge >= 0.3 is 0 Å².